The number of allylic oxidation sites excluding steroid dienone is 4. The van der Waals surface area contributed by atoms with Crippen molar-refractivity contribution in [1.29, 1.82) is 0 Å². The number of rotatable bonds is 30. The highest BCUT2D eigenvalue weighted by atomic mass is 16.7. The Morgan fingerprint density at radius 2 is 1.15 bits per heavy atom. The number of esters is 2. The first kappa shape index (κ1) is 44.2. The number of unbranched alkanes of at least 4 members (excludes halogenated alkanes) is 16. The maximum atomic E-state index is 12.7. The fourth-order valence-corrected chi connectivity index (χ4v) is 5.53. The maximum absolute atomic E-state index is 12.7. The molecule has 1 saturated heterocycles. The minimum Gasteiger partial charge on any atom is -0.462 e. The number of carbonyl (C=O) groups excluding carboxylic acids is 2. The van der Waals surface area contributed by atoms with Gasteiger partial charge in [-0.05, 0) is 38.5 Å². The van der Waals surface area contributed by atoms with Crippen LogP contribution in [0.15, 0.2) is 24.3 Å². The first-order valence-corrected chi connectivity index (χ1v) is 18.9. The topological polar surface area (TPSA) is 152 Å². The number of aliphatic hydroxyl groups is 4. The molecule has 48 heavy (non-hydrogen) atoms. The van der Waals surface area contributed by atoms with Gasteiger partial charge in [-0.1, -0.05) is 122 Å². The van der Waals surface area contributed by atoms with E-state index in [1.165, 1.54) is 51.4 Å². The van der Waals surface area contributed by atoms with Gasteiger partial charge in [0.15, 0.2) is 12.4 Å². The largest absolute Gasteiger partial charge is 0.462 e. The zero-order chi connectivity index (χ0) is 35.2. The lowest BCUT2D eigenvalue weighted by Crippen LogP contribution is -2.59. The van der Waals surface area contributed by atoms with E-state index >= 15 is 0 Å². The highest BCUT2D eigenvalue weighted by Gasteiger charge is 2.44. The highest BCUT2D eigenvalue weighted by molar-refractivity contribution is 5.70. The van der Waals surface area contributed by atoms with Gasteiger partial charge in [0.2, 0.25) is 0 Å². The number of hydrogen-bond donors (Lipinski definition) is 4. The van der Waals surface area contributed by atoms with Crippen molar-refractivity contribution in [2.45, 2.75) is 185 Å². The summed E-state index contributed by atoms with van der Waals surface area (Å²) in [7, 11) is 0. The molecule has 2 unspecified atom stereocenters. The standard InChI is InChI=1S/C38H68O10/c1-3-5-7-9-11-13-14-15-16-17-18-19-21-23-25-27-34(41)47-31(29-45-33(40)26-24-22-20-12-10-8-6-4-2)30-46-38-37(44)36(43)35(42)32(28-39)48-38/h13-16,31-32,35-39,42-44H,3-12,17-30H2,1-2H3/b14-13+,16-15+/t31-,32-,35+,36?,37?,38-/m1/s1. The van der Waals surface area contributed by atoms with Crippen LogP contribution >= 0.6 is 0 Å². The SMILES string of the molecule is CCCCCC/C=C/C=C/CCCCCCCC(=O)O[C@H](COC(=O)CCCCCCCCCC)CO[C@@H]1O[C@H](CO)[C@H](O)C(O)C1O. The van der Waals surface area contributed by atoms with Crippen molar-refractivity contribution in [2.75, 3.05) is 19.8 Å². The fraction of sp³-hybridized carbons (Fsp3) is 0.842. The quantitative estimate of drug-likeness (QED) is 0.0370. The van der Waals surface area contributed by atoms with E-state index in [1.807, 2.05) is 0 Å². The second-order valence-electron chi connectivity index (χ2n) is 13.1. The Kier molecular flexibility index (Phi) is 27.7. The van der Waals surface area contributed by atoms with E-state index in [2.05, 4.69) is 38.2 Å². The number of aliphatic hydroxyl groups excluding tert-OH is 4. The van der Waals surface area contributed by atoms with Gasteiger partial charge in [-0.3, -0.25) is 9.59 Å². The number of ether oxygens (including phenoxy) is 4. The first-order chi connectivity index (χ1) is 23.3. The van der Waals surface area contributed by atoms with Crippen molar-refractivity contribution in [2.24, 2.45) is 0 Å². The van der Waals surface area contributed by atoms with E-state index < -0.39 is 49.4 Å². The van der Waals surface area contributed by atoms with Gasteiger partial charge in [-0.2, -0.15) is 0 Å². The molecular formula is C38H68O10. The summed E-state index contributed by atoms with van der Waals surface area (Å²) in [5.74, 6) is -0.830. The van der Waals surface area contributed by atoms with Crippen molar-refractivity contribution in [3.05, 3.63) is 24.3 Å². The zero-order valence-electron chi connectivity index (χ0n) is 30.0. The van der Waals surface area contributed by atoms with Crippen LogP contribution in [0.3, 0.4) is 0 Å². The average molecular weight is 685 g/mol. The molecule has 0 radical (unpaired) electrons. The van der Waals surface area contributed by atoms with E-state index in [-0.39, 0.29) is 32.0 Å². The molecule has 1 fully saturated rings. The lowest BCUT2D eigenvalue weighted by atomic mass is 9.99. The van der Waals surface area contributed by atoms with E-state index in [4.69, 9.17) is 18.9 Å². The lowest BCUT2D eigenvalue weighted by Gasteiger charge is -2.39. The van der Waals surface area contributed by atoms with E-state index in [1.54, 1.807) is 0 Å². The minimum atomic E-state index is -1.59. The summed E-state index contributed by atoms with van der Waals surface area (Å²) in [5.41, 5.74) is 0. The summed E-state index contributed by atoms with van der Waals surface area (Å²) in [4.78, 5) is 25.0. The molecule has 1 rings (SSSR count). The van der Waals surface area contributed by atoms with E-state index in [0.29, 0.717) is 6.42 Å². The molecule has 0 amide bonds. The van der Waals surface area contributed by atoms with Crippen LogP contribution in [-0.2, 0) is 28.5 Å². The van der Waals surface area contributed by atoms with Crippen LogP contribution < -0.4 is 0 Å². The zero-order valence-corrected chi connectivity index (χ0v) is 30.0. The Hall–Kier alpha value is -1.82. The smallest absolute Gasteiger partial charge is 0.306 e. The summed E-state index contributed by atoms with van der Waals surface area (Å²) in [6.45, 7) is 3.33. The molecule has 0 spiro atoms. The Balaban J connectivity index is 2.41. The second-order valence-corrected chi connectivity index (χ2v) is 13.1. The van der Waals surface area contributed by atoms with Gasteiger partial charge in [0, 0.05) is 12.8 Å². The van der Waals surface area contributed by atoms with Crippen molar-refractivity contribution >= 4 is 11.9 Å². The second kappa shape index (κ2) is 30.0. The monoisotopic (exact) mass is 684 g/mol. The van der Waals surface area contributed by atoms with E-state index in [0.717, 1.165) is 64.2 Å². The van der Waals surface area contributed by atoms with Crippen molar-refractivity contribution in [3.63, 3.8) is 0 Å². The van der Waals surface area contributed by atoms with Crippen LogP contribution in [0, 0.1) is 0 Å². The molecule has 0 aromatic heterocycles. The lowest BCUT2D eigenvalue weighted by molar-refractivity contribution is -0.305. The summed E-state index contributed by atoms with van der Waals surface area (Å²) in [6, 6.07) is 0. The molecule has 280 valence electrons. The Bertz CT molecular complexity index is 845. The Morgan fingerprint density at radius 1 is 0.646 bits per heavy atom. The van der Waals surface area contributed by atoms with Crippen molar-refractivity contribution in [3.8, 4) is 0 Å². The number of hydrogen-bond acceptors (Lipinski definition) is 10. The van der Waals surface area contributed by atoms with Gasteiger partial charge < -0.3 is 39.4 Å². The van der Waals surface area contributed by atoms with E-state index in [9.17, 15) is 30.0 Å². The van der Waals surface area contributed by atoms with Gasteiger partial charge >= 0.3 is 11.9 Å². The molecule has 6 atom stereocenters. The van der Waals surface area contributed by atoms with Gasteiger partial charge in [0.1, 0.15) is 31.0 Å². The molecule has 0 saturated carbocycles. The summed E-state index contributed by atoms with van der Waals surface area (Å²) in [6.07, 6.45) is 22.0. The third-order valence-corrected chi connectivity index (χ3v) is 8.62. The summed E-state index contributed by atoms with van der Waals surface area (Å²) < 4.78 is 22.0. The Labute approximate surface area is 290 Å². The van der Waals surface area contributed by atoms with Crippen molar-refractivity contribution < 1.29 is 49.0 Å². The van der Waals surface area contributed by atoms with Crippen LogP contribution in [0.4, 0.5) is 0 Å². The molecule has 1 aliphatic heterocycles. The maximum Gasteiger partial charge on any atom is 0.306 e. The summed E-state index contributed by atoms with van der Waals surface area (Å²) in [5, 5.41) is 39.8. The molecular weight excluding hydrogens is 616 g/mol. The number of carbonyl (C=O) groups is 2. The van der Waals surface area contributed by atoms with Crippen LogP contribution in [0.5, 0.6) is 0 Å². The molecule has 0 aromatic rings. The minimum absolute atomic E-state index is 0.214. The molecule has 0 bridgehead atoms. The van der Waals surface area contributed by atoms with Crippen LogP contribution in [0.2, 0.25) is 0 Å². The molecule has 10 heteroatoms. The summed E-state index contributed by atoms with van der Waals surface area (Å²) >= 11 is 0. The van der Waals surface area contributed by atoms with Gasteiger partial charge in [0.05, 0.1) is 13.2 Å². The molecule has 1 heterocycles. The molecule has 4 N–H and O–H groups in total. The van der Waals surface area contributed by atoms with Crippen molar-refractivity contribution in [1.82, 2.24) is 0 Å². The van der Waals surface area contributed by atoms with Crippen LogP contribution in [0.1, 0.15) is 149 Å². The predicted octanol–water partition coefficient (Wildman–Crippen LogP) is 6.60. The van der Waals surface area contributed by atoms with Crippen LogP contribution in [0.25, 0.3) is 0 Å². The molecule has 0 aliphatic carbocycles. The third kappa shape index (κ3) is 22.0. The Morgan fingerprint density at radius 3 is 1.71 bits per heavy atom. The van der Waals surface area contributed by atoms with Gasteiger partial charge in [-0.25, -0.2) is 0 Å². The molecule has 1 aliphatic rings. The average Bonchev–Trinajstić information content (AvgIpc) is 3.08. The van der Waals surface area contributed by atoms with Crippen LogP contribution in [-0.4, -0.2) is 89.0 Å². The fourth-order valence-electron chi connectivity index (χ4n) is 5.53. The molecule has 0 aromatic carbocycles. The highest BCUT2D eigenvalue weighted by Crippen LogP contribution is 2.22. The third-order valence-electron chi connectivity index (χ3n) is 8.62. The van der Waals surface area contributed by atoms with Gasteiger partial charge in [0.25, 0.3) is 0 Å². The normalized spacial score (nSPS) is 22.0. The first-order valence-electron chi connectivity index (χ1n) is 18.9. The molecule has 10 nitrogen and oxygen atoms in total. The predicted molar refractivity (Wildman–Crippen MR) is 187 cm³/mol. The van der Waals surface area contributed by atoms with Gasteiger partial charge in [-0.15, -0.1) is 0 Å².